The van der Waals surface area contributed by atoms with Crippen molar-refractivity contribution in [3.8, 4) is 0 Å². The van der Waals surface area contributed by atoms with Crippen LogP contribution in [0.15, 0.2) is 24.3 Å². The molecule has 2 N–H and O–H groups in total. The Bertz CT molecular complexity index is 315. The molecule has 2 heteroatoms. The lowest BCUT2D eigenvalue weighted by molar-refractivity contribution is 0.0217. The highest BCUT2D eigenvalue weighted by Gasteiger charge is 2.49. The van der Waals surface area contributed by atoms with E-state index in [1.54, 1.807) is 0 Å². The van der Waals surface area contributed by atoms with E-state index in [1.807, 2.05) is 12.1 Å². The average molecular weight is 176 g/mol. The molecule has 0 spiro atoms. The normalized spacial score (nSPS) is 40.8. The first kappa shape index (κ1) is 7.54. The molecule has 1 aromatic rings. The Hall–Kier alpha value is -0.860. The fourth-order valence-electron chi connectivity index (χ4n) is 2.84. The van der Waals surface area contributed by atoms with E-state index in [-0.39, 0.29) is 11.8 Å². The molecule has 13 heavy (non-hydrogen) atoms. The van der Waals surface area contributed by atoms with E-state index in [0.29, 0.717) is 0 Å². The van der Waals surface area contributed by atoms with Crippen molar-refractivity contribution >= 4 is 0 Å². The molecule has 2 aliphatic carbocycles. The summed E-state index contributed by atoms with van der Waals surface area (Å²) in [5.74, 6) is 0.354. The van der Waals surface area contributed by atoms with Gasteiger partial charge in [0.1, 0.15) is 0 Å². The standard InChI is InChI=1S/C11H12O2/c12-10-8-5-9(11(10)13)7-4-2-1-3-6(7)8/h1-4,8-13H,5H2/t8-,9-,10+,11+/m0/s1. The smallest absolute Gasteiger partial charge is 0.0873 e. The predicted octanol–water partition coefficient (Wildman–Crippen LogP) is 0.993. The first-order valence-electron chi connectivity index (χ1n) is 4.74. The number of hydrogen-bond acceptors (Lipinski definition) is 2. The number of hydrogen-bond donors (Lipinski definition) is 2. The Morgan fingerprint density at radius 1 is 0.923 bits per heavy atom. The van der Waals surface area contributed by atoms with Crippen molar-refractivity contribution in [1.82, 2.24) is 0 Å². The summed E-state index contributed by atoms with van der Waals surface area (Å²) >= 11 is 0. The number of fused-ring (bicyclic) bond motifs is 5. The zero-order valence-electron chi connectivity index (χ0n) is 7.22. The molecule has 68 valence electrons. The number of aliphatic hydroxyl groups is 2. The molecule has 2 nitrogen and oxygen atoms in total. The number of rotatable bonds is 0. The minimum Gasteiger partial charge on any atom is -0.390 e. The molecule has 0 aliphatic heterocycles. The molecule has 2 bridgehead atoms. The summed E-state index contributed by atoms with van der Waals surface area (Å²) < 4.78 is 0. The molecule has 2 aliphatic rings. The maximum Gasteiger partial charge on any atom is 0.0873 e. The van der Waals surface area contributed by atoms with Crippen molar-refractivity contribution < 1.29 is 10.2 Å². The predicted molar refractivity (Wildman–Crippen MR) is 48.6 cm³/mol. The van der Waals surface area contributed by atoms with Crippen molar-refractivity contribution in [2.45, 2.75) is 30.5 Å². The van der Waals surface area contributed by atoms with Crippen LogP contribution in [0.5, 0.6) is 0 Å². The summed E-state index contributed by atoms with van der Waals surface area (Å²) in [6, 6.07) is 8.13. The van der Waals surface area contributed by atoms with Crippen LogP contribution in [0.1, 0.15) is 29.4 Å². The van der Waals surface area contributed by atoms with Gasteiger partial charge in [-0.15, -0.1) is 0 Å². The zero-order chi connectivity index (χ0) is 9.00. The molecule has 0 heterocycles. The van der Waals surface area contributed by atoms with Gasteiger partial charge in [0, 0.05) is 11.8 Å². The topological polar surface area (TPSA) is 40.5 Å². The highest BCUT2D eigenvalue weighted by atomic mass is 16.3. The van der Waals surface area contributed by atoms with Crippen molar-refractivity contribution in [3.63, 3.8) is 0 Å². The fraction of sp³-hybridized carbons (Fsp3) is 0.455. The fourth-order valence-corrected chi connectivity index (χ4v) is 2.84. The maximum atomic E-state index is 9.68. The second kappa shape index (κ2) is 2.34. The molecule has 0 aromatic heterocycles. The van der Waals surface area contributed by atoms with E-state index in [1.165, 1.54) is 11.1 Å². The van der Waals surface area contributed by atoms with Crippen LogP contribution < -0.4 is 0 Å². The van der Waals surface area contributed by atoms with Gasteiger partial charge < -0.3 is 10.2 Å². The van der Waals surface area contributed by atoms with E-state index >= 15 is 0 Å². The SMILES string of the molecule is O[C@H]1[C@H](O)[C@H]2C[C@H]1c1ccccc12. The van der Waals surface area contributed by atoms with Gasteiger partial charge in [-0.05, 0) is 17.5 Å². The van der Waals surface area contributed by atoms with Crippen LogP contribution in [0.25, 0.3) is 0 Å². The number of aliphatic hydroxyl groups excluding tert-OH is 2. The van der Waals surface area contributed by atoms with Gasteiger partial charge in [-0.1, -0.05) is 24.3 Å². The van der Waals surface area contributed by atoms with Gasteiger partial charge in [0.15, 0.2) is 0 Å². The molecule has 3 rings (SSSR count). The van der Waals surface area contributed by atoms with E-state index in [9.17, 15) is 10.2 Å². The monoisotopic (exact) mass is 176 g/mol. The van der Waals surface area contributed by atoms with Crippen molar-refractivity contribution in [3.05, 3.63) is 35.4 Å². The molecule has 0 amide bonds. The van der Waals surface area contributed by atoms with Gasteiger partial charge in [0.25, 0.3) is 0 Å². The summed E-state index contributed by atoms with van der Waals surface area (Å²) in [6.45, 7) is 0. The first-order valence-corrected chi connectivity index (χ1v) is 4.74. The van der Waals surface area contributed by atoms with E-state index in [0.717, 1.165) is 6.42 Å². The zero-order valence-corrected chi connectivity index (χ0v) is 7.22. The second-order valence-electron chi connectivity index (χ2n) is 4.06. The van der Waals surface area contributed by atoms with Crippen LogP contribution >= 0.6 is 0 Å². The third-order valence-electron chi connectivity index (χ3n) is 3.48. The molecular formula is C11H12O2. The van der Waals surface area contributed by atoms with Crippen LogP contribution in [0.3, 0.4) is 0 Å². The van der Waals surface area contributed by atoms with Gasteiger partial charge >= 0.3 is 0 Å². The highest BCUT2D eigenvalue weighted by molar-refractivity contribution is 5.43. The van der Waals surface area contributed by atoms with E-state index in [2.05, 4.69) is 12.1 Å². The Balaban J connectivity index is 2.16. The third-order valence-corrected chi connectivity index (χ3v) is 3.48. The lowest BCUT2D eigenvalue weighted by Crippen LogP contribution is -2.30. The van der Waals surface area contributed by atoms with Gasteiger partial charge in [-0.25, -0.2) is 0 Å². The third kappa shape index (κ3) is 0.798. The Kier molecular flexibility index (Phi) is 1.35. The van der Waals surface area contributed by atoms with Gasteiger partial charge in [0.2, 0.25) is 0 Å². The maximum absolute atomic E-state index is 9.68. The first-order chi connectivity index (χ1) is 6.29. The molecule has 0 radical (unpaired) electrons. The molecule has 4 atom stereocenters. The molecule has 0 unspecified atom stereocenters. The van der Waals surface area contributed by atoms with Crippen LogP contribution in [0.4, 0.5) is 0 Å². The minimum absolute atomic E-state index is 0.177. The lowest BCUT2D eigenvalue weighted by atomic mass is 9.88. The quantitative estimate of drug-likeness (QED) is 0.619. The molecule has 1 aromatic carbocycles. The van der Waals surface area contributed by atoms with Crippen molar-refractivity contribution in [2.24, 2.45) is 0 Å². The van der Waals surface area contributed by atoms with Crippen LogP contribution in [-0.4, -0.2) is 22.4 Å². The van der Waals surface area contributed by atoms with Crippen LogP contribution in [0.2, 0.25) is 0 Å². The lowest BCUT2D eigenvalue weighted by Gasteiger charge is -2.24. The average Bonchev–Trinajstić information content (AvgIpc) is 2.66. The van der Waals surface area contributed by atoms with Crippen molar-refractivity contribution in [1.29, 1.82) is 0 Å². The summed E-state index contributed by atoms with van der Waals surface area (Å²) in [7, 11) is 0. The summed E-state index contributed by atoms with van der Waals surface area (Å²) in [5, 5.41) is 19.4. The Morgan fingerprint density at radius 3 is 1.85 bits per heavy atom. The van der Waals surface area contributed by atoms with Crippen LogP contribution in [-0.2, 0) is 0 Å². The van der Waals surface area contributed by atoms with Crippen molar-refractivity contribution in [2.75, 3.05) is 0 Å². The molecule has 1 saturated carbocycles. The number of benzene rings is 1. The minimum atomic E-state index is -0.542. The highest BCUT2D eigenvalue weighted by Crippen LogP contribution is 2.52. The van der Waals surface area contributed by atoms with E-state index < -0.39 is 12.2 Å². The second-order valence-corrected chi connectivity index (χ2v) is 4.06. The summed E-state index contributed by atoms with van der Waals surface area (Å²) in [6.07, 6.45) is -0.165. The Labute approximate surface area is 76.8 Å². The van der Waals surface area contributed by atoms with Gasteiger partial charge in [-0.2, -0.15) is 0 Å². The van der Waals surface area contributed by atoms with Gasteiger partial charge in [-0.3, -0.25) is 0 Å². The van der Waals surface area contributed by atoms with E-state index in [4.69, 9.17) is 0 Å². The molecular weight excluding hydrogens is 164 g/mol. The molecule has 0 saturated heterocycles. The summed E-state index contributed by atoms with van der Waals surface area (Å²) in [4.78, 5) is 0. The Morgan fingerprint density at radius 2 is 1.38 bits per heavy atom. The summed E-state index contributed by atoms with van der Waals surface area (Å²) in [5.41, 5.74) is 2.48. The van der Waals surface area contributed by atoms with Crippen LogP contribution in [0, 0.1) is 0 Å². The van der Waals surface area contributed by atoms with Gasteiger partial charge in [0.05, 0.1) is 12.2 Å². The largest absolute Gasteiger partial charge is 0.390 e. The molecule has 1 fully saturated rings.